The summed E-state index contributed by atoms with van der Waals surface area (Å²) >= 11 is 1.44. The first-order valence-electron chi connectivity index (χ1n) is 10.4. The number of benzene rings is 1. The van der Waals surface area contributed by atoms with Gasteiger partial charge in [0.25, 0.3) is 0 Å². The molecule has 2 aromatic heterocycles. The summed E-state index contributed by atoms with van der Waals surface area (Å²) in [5, 5.41) is 12.6. The topological polar surface area (TPSA) is 72.7 Å². The number of hydrogen-bond donors (Lipinski definition) is 1. The SMILES string of the molecule is Cc1ccc(-n2c(SC(C)C(=O)NC3CCCC3)nnc2-c2ccncc2)cc1C. The molecular formula is C23H27N5OS. The van der Waals surface area contributed by atoms with Gasteiger partial charge in [-0.05, 0) is 69.0 Å². The average molecular weight is 422 g/mol. The van der Waals surface area contributed by atoms with E-state index in [2.05, 4.69) is 52.5 Å². The summed E-state index contributed by atoms with van der Waals surface area (Å²) < 4.78 is 2.03. The molecule has 1 atom stereocenters. The molecule has 1 amide bonds. The Bertz CT molecular complexity index is 1030. The molecule has 2 heterocycles. The van der Waals surface area contributed by atoms with Crippen molar-refractivity contribution in [1.82, 2.24) is 25.1 Å². The number of nitrogens with one attached hydrogen (secondary N) is 1. The molecule has 1 fully saturated rings. The molecule has 1 aliphatic rings. The fraction of sp³-hybridized carbons (Fsp3) is 0.391. The van der Waals surface area contributed by atoms with Gasteiger partial charge in [-0.25, -0.2) is 0 Å². The minimum atomic E-state index is -0.259. The molecule has 1 saturated carbocycles. The predicted octanol–water partition coefficient (Wildman–Crippen LogP) is 4.49. The molecule has 1 unspecified atom stereocenters. The van der Waals surface area contributed by atoms with Crippen molar-refractivity contribution in [2.75, 3.05) is 0 Å². The Morgan fingerprint density at radius 1 is 1.10 bits per heavy atom. The van der Waals surface area contributed by atoms with E-state index in [1.54, 1.807) is 12.4 Å². The molecule has 4 rings (SSSR count). The largest absolute Gasteiger partial charge is 0.352 e. The van der Waals surface area contributed by atoms with Crippen LogP contribution in [-0.2, 0) is 4.79 Å². The first kappa shape index (κ1) is 20.6. The van der Waals surface area contributed by atoms with Crippen molar-refractivity contribution in [3.05, 3.63) is 53.9 Å². The summed E-state index contributed by atoms with van der Waals surface area (Å²) in [7, 11) is 0. The number of aryl methyl sites for hydroxylation is 2. The van der Waals surface area contributed by atoms with Gasteiger partial charge in [-0.3, -0.25) is 14.3 Å². The summed E-state index contributed by atoms with van der Waals surface area (Å²) in [5.41, 5.74) is 4.35. The Hall–Kier alpha value is -2.67. The van der Waals surface area contributed by atoms with Gasteiger partial charge >= 0.3 is 0 Å². The highest BCUT2D eigenvalue weighted by atomic mass is 32.2. The van der Waals surface area contributed by atoms with Crippen molar-refractivity contribution in [1.29, 1.82) is 0 Å². The molecule has 156 valence electrons. The second kappa shape index (κ2) is 9.00. The Kier molecular flexibility index (Phi) is 6.18. The van der Waals surface area contributed by atoms with Crippen LogP contribution in [0.25, 0.3) is 17.1 Å². The molecule has 0 saturated heterocycles. The number of aromatic nitrogens is 4. The van der Waals surface area contributed by atoms with Gasteiger partial charge < -0.3 is 5.32 Å². The molecule has 0 radical (unpaired) electrons. The zero-order valence-corrected chi connectivity index (χ0v) is 18.4. The van der Waals surface area contributed by atoms with Gasteiger partial charge in [0.05, 0.1) is 10.9 Å². The molecule has 1 aromatic carbocycles. The molecule has 1 N–H and O–H groups in total. The van der Waals surface area contributed by atoms with Crippen LogP contribution in [0.4, 0.5) is 0 Å². The van der Waals surface area contributed by atoms with Crippen LogP contribution in [0.1, 0.15) is 43.7 Å². The van der Waals surface area contributed by atoms with Crippen LogP contribution in [-0.4, -0.2) is 36.9 Å². The third kappa shape index (κ3) is 4.41. The number of nitrogens with zero attached hydrogens (tertiary/aromatic N) is 4. The minimum absolute atomic E-state index is 0.0620. The molecule has 6 nitrogen and oxygen atoms in total. The highest BCUT2D eigenvalue weighted by Crippen LogP contribution is 2.31. The Balaban J connectivity index is 1.66. The molecule has 3 aromatic rings. The van der Waals surface area contributed by atoms with Gasteiger partial charge in [0.15, 0.2) is 11.0 Å². The van der Waals surface area contributed by atoms with Crippen LogP contribution < -0.4 is 5.32 Å². The number of hydrogen-bond acceptors (Lipinski definition) is 5. The van der Waals surface area contributed by atoms with Crippen LogP contribution in [0.5, 0.6) is 0 Å². The maximum absolute atomic E-state index is 12.7. The number of rotatable bonds is 6. The standard InChI is InChI=1S/C23H27N5OS/c1-15-8-9-20(14-16(15)2)28-21(18-10-12-24-13-11-18)26-27-23(28)30-17(3)22(29)25-19-6-4-5-7-19/h8-14,17,19H,4-7H2,1-3H3,(H,25,29). The van der Waals surface area contributed by atoms with Gasteiger partial charge in [-0.15, -0.1) is 10.2 Å². The van der Waals surface area contributed by atoms with Crippen LogP contribution in [0, 0.1) is 13.8 Å². The summed E-state index contributed by atoms with van der Waals surface area (Å²) in [6.07, 6.45) is 8.05. The smallest absolute Gasteiger partial charge is 0.233 e. The van der Waals surface area contributed by atoms with E-state index in [4.69, 9.17) is 0 Å². The average Bonchev–Trinajstić information content (AvgIpc) is 3.40. The second-order valence-corrected chi connectivity index (χ2v) is 9.20. The maximum atomic E-state index is 12.7. The lowest BCUT2D eigenvalue weighted by atomic mass is 10.1. The van der Waals surface area contributed by atoms with E-state index in [1.165, 1.54) is 35.7 Å². The maximum Gasteiger partial charge on any atom is 0.233 e. The van der Waals surface area contributed by atoms with E-state index in [9.17, 15) is 4.79 Å². The van der Waals surface area contributed by atoms with Crippen molar-refractivity contribution < 1.29 is 4.79 Å². The lowest BCUT2D eigenvalue weighted by Crippen LogP contribution is -2.37. The van der Waals surface area contributed by atoms with E-state index in [1.807, 2.05) is 23.6 Å². The van der Waals surface area contributed by atoms with Crippen molar-refractivity contribution in [3.63, 3.8) is 0 Å². The van der Waals surface area contributed by atoms with Gasteiger partial charge in [-0.1, -0.05) is 30.7 Å². The number of pyridine rings is 1. The predicted molar refractivity (Wildman–Crippen MR) is 120 cm³/mol. The summed E-state index contributed by atoms with van der Waals surface area (Å²) in [6, 6.07) is 10.5. The van der Waals surface area contributed by atoms with E-state index >= 15 is 0 Å². The van der Waals surface area contributed by atoms with Gasteiger partial charge in [-0.2, -0.15) is 0 Å². The molecule has 30 heavy (non-hydrogen) atoms. The van der Waals surface area contributed by atoms with E-state index in [0.717, 1.165) is 29.9 Å². The van der Waals surface area contributed by atoms with Crippen LogP contribution >= 0.6 is 11.8 Å². The highest BCUT2D eigenvalue weighted by molar-refractivity contribution is 8.00. The van der Waals surface area contributed by atoms with Gasteiger partial charge in [0, 0.05) is 24.0 Å². The summed E-state index contributed by atoms with van der Waals surface area (Å²) in [5.74, 6) is 0.804. The molecular weight excluding hydrogens is 394 g/mol. The monoisotopic (exact) mass is 421 g/mol. The van der Waals surface area contributed by atoms with E-state index in [-0.39, 0.29) is 11.2 Å². The van der Waals surface area contributed by atoms with Crippen molar-refractivity contribution in [3.8, 4) is 17.1 Å². The highest BCUT2D eigenvalue weighted by Gasteiger charge is 2.24. The van der Waals surface area contributed by atoms with Gasteiger partial charge in [0.2, 0.25) is 5.91 Å². The third-order valence-electron chi connectivity index (χ3n) is 5.67. The molecule has 0 aliphatic heterocycles. The van der Waals surface area contributed by atoms with Crippen molar-refractivity contribution in [2.24, 2.45) is 0 Å². The normalized spacial score (nSPS) is 15.3. The molecule has 0 spiro atoms. The lowest BCUT2D eigenvalue weighted by Gasteiger charge is -2.17. The Labute approximate surface area is 181 Å². The van der Waals surface area contributed by atoms with Gasteiger partial charge in [0.1, 0.15) is 0 Å². The van der Waals surface area contributed by atoms with E-state index < -0.39 is 0 Å². The van der Waals surface area contributed by atoms with Crippen molar-refractivity contribution in [2.45, 2.75) is 62.9 Å². The number of amides is 1. The Morgan fingerprint density at radius 2 is 1.83 bits per heavy atom. The zero-order valence-electron chi connectivity index (χ0n) is 17.6. The summed E-state index contributed by atoms with van der Waals surface area (Å²) in [4.78, 5) is 16.8. The quantitative estimate of drug-likeness (QED) is 0.594. The fourth-order valence-electron chi connectivity index (χ4n) is 3.73. The molecule has 1 aliphatic carbocycles. The zero-order chi connectivity index (χ0) is 21.1. The Morgan fingerprint density at radius 3 is 2.53 bits per heavy atom. The number of carbonyl (C=O) groups is 1. The minimum Gasteiger partial charge on any atom is -0.352 e. The van der Waals surface area contributed by atoms with E-state index in [0.29, 0.717) is 11.2 Å². The van der Waals surface area contributed by atoms with Crippen LogP contribution in [0.15, 0.2) is 47.9 Å². The fourth-order valence-corrected chi connectivity index (χ4v) is 4.61. The third-order valence-corrected chi connectivity index (χ3v) is 6.72. The number of thioether (sulfide) groups is 1. The second-order valence-electron chi connectivity index (χ2n) is 7.90. The lowest BCUT2D eigenvalue weighted by molar-refractivity contribution is -0.120. The first-order valence-corrected chi connectivity index (χ1v) is 11.3. The van der Waals surface area contributed by atoms with Crippen LogP contribution in [0.3, 0.4) is 0 Å². The molecule has 0 bridgehead atoms. The molecule has 7 heteroatoms. The first-order chi connectivity index (χ1) is 14.5. The number of carbonyl (C=O) groups excluding carboxylic acids is 1. The van der Waals surface area contributed by atoms with Crippen LogP contribution in [0.2, 0.25) is 0 Å². The van der Waals surface area contributed by atoms with Crippen molar-refractivity contribution >= 4 is 17.7 Å². The summed E-state index contributed by atoms with van der Waals surface area (Å²) in [6.45, 7) is 6.13.